The van der Waals surface area contributed by atoms with Crippen LogP contribution in [0.2, 0.25) is 0 Å². The van der Waals surface area contributed by atoms with Crippen LogP contribution in [0.5, 0.6) is 5.75 Å². The molecule has 1 rings (SSSR count). The number of carbonyl (C=O) groups excluding carboxylic acids is 1. The maximum absolute atomic E-state index is 12.0. The minimum Gasteiger partial charge on any atom is -0.491 e. The number of benzene rings is 1. The molecule has 0 fully saturated rings. The van der Waals surface area contributed by atoms with Crippen LogP contribution in [-0.2, 0) is 0 Å². The number of hydrogen-bond donors (Lipinski definition) is 1. The smallest absolute Gasteiger partial charge is 0.176 e. The number of hydrogen-bond acceptors (Lipinski definition) is 3. The van der Waals surface area contributed by atoms with E-state index >= 15 is 0 Å². The molecule has 0 spiro atoms. The van der Waals surface area contributed by atoms with Crippen molar-refractivity contribution in [1.82, 2.24) is 5.32 Å². The van der Waals surface area contributed by atoms with Crippen LogP contribution in [0, 0.1) is 0 Å². The first-order valence-electron chi connectivity index (χ1n) is 6.56. The summed E-state index contributed by atoms with van der Waals surface area (Å²) in [5.74, 6) is 0.851. The molecule has 0 radical (unpaired) electrons. The lowest BCUT2D eigenvalue weighted by molar-refractivity contribution is 0.0987. The van der Waals surface area contributed by atoms with Gasteiger partial charge in [0.05, 0.1) is 12.6 Å². The molecule has 0 heterocycles. The Morgan fingerprint density at radius 2 is 2.06 bits per heavy atom. The molecule has 0 aliphatic rings. The molecule has 1 unspecified atom stereocenters. The predicted molar refractivity (Wildman–Crippen MR) is 74.3 cm³/mol. The quantitative estimate of drug-likeness (QED) is 0.755. The van der Waals surface area contributed by atoms with Gasteiger partial charge in [0.2, 0.25) is 0 Å². The Balaban J connectivity index is 2.62. The fourth-order valence-corrected chi connectivity index (χ4v) is 1.53. The standard InChI is InChI=1S/C15H23NO2/c1-5-12(4)16-10-15(17)13-7-6-8-14(9-13)18-11(2)3/h6-9,11-12,16H,5,10H2,1-4H3. The summed E-state index contributed by atoms with van der Waals surface area (Å²) in [6.45, 7) is 8.49. The monoisotopic (exact) mass is 249 g/mol. The zero-order valence-electron chi connectivity index (χ0n) is 11.7. The highest BCUT2D eigenvalue weighted by atomic mass is 16.5. The molecule has 0 amide bonds. The van der Waals surface area contributed by atoms with Gasteiger partial charge in [-0.25, -0.2) is 0 Å². The van der Waals surface area contributed by atoms with Crippen molar-refractivity contribution in [3.8, 4) is 5.75 Å². The van der Waals surface area contributed by atoms with Gasteiger partial charge in [-0.15, -0.1) is 0 Å². The fraction of sp³-hybridized carbons (Fsp3) is 0.533. The molecule has 3 nitrogen and oxygen atoms in total. The number of nitrogens with one attached hydrogen (secondary N) is 1. The van der Waals surface area contributed by atoms with Gasteiger partial charge in [-0.2, -0.15) is 0 Å². The van der Waals surface area contributed by atoms with Gasteiger partial charge in [0, 0.05) is 11.6 Å². The van der Waals surface area contributed by atoms with Crippen LogP contribution in [0.3, 0.4) is 0 Å². The van der Waals surface area contributed by atoms with E-state index in [0.29, 0.717) is 18.2 Å². The summed E-state index contributed by atoms with van der Waals surface area (Å²) in [5.41, 5.74) is 0.698. The molecule has 0 saturated carbocycles. The number of rotatable bonds is 7. The van der Waals surface area contributed by atoms with E-state index in [1.807, 2.05) is 32.0 Å². The lowest BCUT2D eigenvalue weighted by Gasteiger charge is -2.12. The summed E-state index contributed by atoms with van der Waals surface area (Å²) in [7, 11) is 0. The lowest BCUT2D eigenvalue weighted by Crippen LogP contribution is -2.30. The highest BCUT2D eigenvalue weighted by Crippen LogP contribution is 2.15. The van der Waals surface area contributed by atoms with Gasteiger partial charge in [0.25, 0.3) is 0 Å². The molecule has 1 aromatic carbocycles. The maximum atomic E-state index is 12.0. The third kappa shape index (κ3) is 4.88. The van der Waals surface area contributed by atoms with Crippen molar-refractivity contribution >= 4 is 5.78 Å². The van der Waals surface area contributed by atoms with Gasteiger partial charge in [0.1, 0.15) is 5.75 Å². The normalized spacial score (nSPS) is 12.5. The molecule has 1 atom stereocenters. The third-order valence-corrected chi connectivity index (χ3v) is 2.75. The Hall–Kier alpha value is -1.35. The van der Waals surface area contributed by atoms with Gasteiger partial charge in [-0.1, -0.05) is 19.1 Å². The van der Waals surface area contributed by atoms with E-state index in [1.54, 1.807) is 6.07 Å². The topological polar surface area (TPSA) is 38.3 Å². The summed E-state index contributed by atoms with van der Waals surface area (Å²) >= 11 is 0. The molecule has 1 N–H and O–H groups in total. The number of ether oxygens (including phenoxy) is 1. The number of carbonyl (C=O) groups is 1. The second kappa shape index (κ2) is 7.17. The van der Waals surface area contributed by atoms with Crippen LogP contribution >= 0.6 is 0 Å². The average Bonchev–Trinajstić information content (AvgIpc) is 2.35. The molecule has 100 valence electrons. The molecular formula is C15H23NO2. The molecule has 3 heteroatoms. The Kier molecular flexibility index (Phi) is 5.86. The summed E-state index contributed by atoms with van der Waals surface area (Å²) in [6, 6.07) is 7.73. The zero-order valence-corrected chi connectivity index (χ0v) is 11.7. The molecule has 18 heavy (non-hydrogen) atoms. The third-order valence-electron chi connectivity index (χ3n) is 2.75. The van der Waals surface area contributed by atoms with Gasteiger partial charge < -0.3 is 10.1 Å². The van der Waals surface area contributed by atoms with Gasteiger partial charge in [0.15, 0.2) is 5.78 Å². The van der Waals surface area contributed by atoms with Crippen molar-refractivity contribution in [2.45, 2.75) is 46.3 Å². The maximum Gasteiger partial charge on any atom is 0.176 e. The van der Waals surface area contributed by atoms with Crippen LogP contribution in [-0.4, -0.2) is 24.5 Å². The minimum absolute atomic E-state index is 0.101. The largest absolute Gasteiger partial charge is 0.491 e. The second-order valence-electron chi connectivity index (χ2n) is 4.81. The van der Waals surface area contributed by atoms with Crippen LogP contribution in [0.25, 0.3) is 0 Å². The summed E-state index contributed by atoms with van der Waals surface area (Å²) in [6.07, 6.45) is 1.14. The van der Waals surface area contributed by atoms with Crippen molar-refractivity contribution in [2.75, 3.05) is 6.54 Å². The minimum atomic E-state index is 0.101. The lowest BCUT2D eigenvalue weighted by atomic mass is 10.1. The molecular weight excluding hydrogens is 226 g/mol. The summed E-state index contributed by atoms with van der Waals surface area (Å²) in [5, 5.41) is 3.20. The van der Waals surface area contributed by atoms with Crippen molar-refractivity contribution in [2.24, 2.45) is 0 Å². The fourth-order valence-electron chi connectivity index (χ4n) is 1.53. The van der Waals surface area contributed by atoms with Gasteiger partial charge in [-0.05, 0) is 39.3 Å². The van der Waals surface area contributed by atoms with E-state index < -0.39 is 0 Å². The highest BCUT2D eigenvalue weighted by Gasteiger charge is 2.08. The number of ketones is 1. The number of Topliss-reactive ketones (excluding diaryl/α,β-unsaturated/α-hetero) is 1. The highest BCUT2D eigenvalue weighted by molar-refractivity contribution is 5.97. The molecule has 0 bridgehead atoms. The first-order chi connectivity index (χ1) is 8.52. The van der Waals surface area contributed by atoms with Crippen molar-refractivity contribution in [1.29, 1.82) is 0 Å². The molecule has 0 saturated heterocycles. The Morgan fingerprint density at radius 1 is 1.33 bits per heavy atom. The second-order valence-corrected chi connectivity index (χ2v) is 4.81. The molecule has 1 aromatic rings. The first-order valence-corrected chi connectivity index (χ1v) is 6.56. The van der Waals surface area contributed by atoms with Gasteiger partial charge in [-0.3, -0.25) is 4.79 Å². The van der Waals surface area contributed by atoms with Crippen LogP contribution in [0.4, 0.5) is 0 Å². The van der Waals surface area contributed by atoms with E-state index in [0.717, 1.165) is 12.2 Å². The first kappa shape index (κ1) is 14.7. The molecule has 0 aliphatic carbocycles. The van der Waals surface area contributed by atoms with Crippen molar-refractivity contribution in [3.05, 3.63) is 29.8 Å². The van der Waals surface area contributed by atoms with Crippen LogP contribution < -0.4 is 10.1 Å². The van der Waals surface area contributed by atoms with E-state index in [2.05, 4.69) is 19.2 Å². The Bertz CT molecular complexity index is 388. The van der Waals surface area contributed by atoms with Gasteiger partial charge >= 0.3 is 0 Å². The SMILES string of the molecule is CCC(C)NCC(=O)c1cccc(OC(C)C)c1. The summed E-state index contributed by atoms with van der Waals surface area (Å²) in [4.78, 5) is 12.0. The van der Waals surface area contributed by atoms with E-state index in [1.165, 1.54) is 0 Å². The zero-order chi connectivity index (χ0) is 13.5. The van der Waals surface area contributed by atoms with E-state index in [4.69, 9.17) is 4.74 Å². The summed E-state index contributed by atoms with van der Waals surface area (Å²) < 4.78 is 5.58. The Labute approximate surface area is 110 Å². The van der Waals surface area contributed by atoms with Crippen LogP contribution in [0.1, 0.15) is 44.5 Å². The van der Waals surface area contributed by atoms with Crippen molar-refractivity contribution in [3.63, 3.8) is 0 Å². The van der Waals surface area contributed by atoms with E-state index in [-0.39, 0.29) is 11.9 Å². The molecule has 0 aromatic heterocycles. The molecule has 0 aliphatic heterocycles. The van der Waals surface area contributed by atoms with Crippen molar-refractivity contribution < 1.29 is 9.53 Å². The Morgan fingerprint density at radius 3 is 2.67 bits per heavy atom. The predicted octanol–water partition coefficient (Wildman–Crippen LogP) is 3.04. The average molecular weight is 249 g/mol. The van der Waals surface area contributed by atoms with Crippen LogP contribution in [0.15, 0.2) is 24.3 Å². The van der Waals surface area contributed by atoms with E-state index in [9.17, 15) is 4.79 Å².